The predicted molar refractivity (Wildman–Crippen MR) is 90.7 cm³/mol. The third kappa shape index (κ3) is 3.08. The zero-order valence-electron chi connectivity index (χ0n) is 12.2. The van der Waals surface area contributed by atoms with Crippen molar-refractivity contribution in [1.82, 2.24) is 5.32 Å². The smallest absolute Gasteiger partial charge is 0.0589 e. The molecule has 20 heavy (non-hydrogen) atoms. The second kappa shape index (κ2) is 6.30. The first kappa shape index (κ1) is 15.6. The lowest BCUT2D eigenvalue weighted by Crippen LogP contribution is -2.18. The molecule has 2 aromatic carbocycles. The van der Waals surface area contributed by atoms with Crippen molar-refractivity contribution in [2.75, 3.05) is 7.05 Å². The van der Waals surface area contributed by atoms with Gasteiger partial charge in [0, 0.05) is 9.50 Å². The predicted octanol–water partition coefficient (Wildman–Crippen LogP) is 5.34. The van der Waals surface area contributed by atoms with Crippen LogP contribution in [-0.4, -0.2) is 7.05 Å². The maximum absolute atomic E-state index is 6.44. The van der Waals surface area contributed by atoms with E-state index in [2.05, 4.69) is 66.3 Å². The maximum Gasteiger partial charge on any atom is 0.0589 e. The lowest BCUT2D eigenvalue weighted by molar-refractivity contribution is 0.690. The molecule has 1 atom stereocenters. The summed E-state index contributed by atoms with van der Waals surface area (Å²) in [7, 11) is 1.96. The molecule has 1 unspecified atom stereocenters. The number of benzene rings is 2. The van der Waals surface area contributed by atoms with E-state index < -0.39 is 0 Å². The SMILES string of the molecule is CNC(c1ccc(C)c(Br)c1)c1cc(C)c(C)cc1Cl. The summed E-state index contributed by atoms with van der Waals surface area (Å²) >= 11 is 10.0. The van der Waals surface area contributed by atoms with E-state index in [-0.39, 0.29) is 6.04 Å². The van der Waals surface area contributed by atoms with Crippen LogP contribution in [0.5, 0.6) is 0 Å². The zero-order valence-corrected chi connectivity index (χ0v) is 14.6. The Morgan fingerprint density at radius 2 is 1.65 bits per heavy atom. The van der Waals surface area contributed by atoms with Crippen molar-refractivity contribution < 1.29 is 0 Å². The first-order valence-corrected chi connectivity index (χ1v) is 7.81. The van der Waals surface area contributed by atoms with Gasteiger partial charge < -0.3 is 5.32 Å². The molecule has 0 bridgehead atoms. The largest absolute Gasteiger partial charge is 0.309 e. The minimum Gasteiger partial charge on any atom is -0.309 e. The molecule has 2 aromatic rings. The molecule has 1 N–H and O–H groups in total. The highest BCUT2D eigenvalue weighted by molar-refractivity contribution is 9.10. The quantitative estimate of drug-likeness (QED) is 0.786. The first-order valence-electron chi connectivity index (χ1n) is 6.64. The molecule has 0 aliphatic heterocycles. The van der Waals surface area contributed by atoms with E-state index in [0.29, 0.717) is 0 Å². The molecule has 0 aliphatic rings. The Hall–Kier alpha value is -0.830. The molecular weight excluding hydrogens is 334 g/mol. The van der Waals surface area contributed by atoms with E-state index in [0.717, 1.165) is 15.1 Å². The molecule has 0 spiro atoms. The van der Waals surface area contributed by atoms with Crippen molar-refractivity contribution in [2.24, 2.45) is 0 Å². The number of aryl methyl sites for hydroxylation is 3. The van der Waals surface area contributed by atoms with Crippen LogP contribution in [0.1, 0.15) is 33.9 Å². The van der Waals surface area contributed by atoms with Gasteiger partial charge in [-0.25, -0.2) is 0 Å². The number of nitrogens with one attached hydrogen (secondary N) is 1. The van der Waals surface area contributed by atoms with Crippen molar-refractivity contribution in [2.45, 2.75) is 26.8 Å². The van der Waals surface area contributed by atoms with Gasteiger partial charge in [-0.1, -0.05) is 45.7 Å². The van der Waals surface area contributed by atoms with Gasteiger partial charge in [0.1, 0.15) is 0 Å². The number of halogens is 2. The van der Waals surface area contributed by atoms with Gasteiger partial charge in [-0.05, 0) is 67.8 Å². The number of rotatable bonds is 3. The van der Waals surface area contributed by atoms with E-state index in [1.807, 2.05) is 13.1 Å². The van der Waals surface area contributed by atoms with Gasteiger partial charge in [0.05, 0.1) is 6.04 Å². The van der Waals surface area contributed by atoms with Gasteiger partial charge >= 0.3 is 0 Å². The summed E-state index contributed by atoms with van der Waals surface area (Å²) in [6.07, 6.45) is 0. The van der Waals surface area contributed by atoms with Gasteiger partial charge in [0.15, 0.2) is 0 Å². The maximum atomic E-state index is 6.44. The molecule has 0 aromatic heterocycles. The van der Waals surface area contributed by atoms with Crippen molar-refractivity contribution in [3.63, 3.8) is 0 Å². The van der Waals surface area contributed by atoms with E-state index in [9.17, 15) is 0 Å². The molecule has 0 fully saturated rings. The standard InChI is InChI=1S/C17H19BrClN/c1-10-5-6-13(9-15(10)18)17(20-4)14-7-11(2)12(3)8-16(14)19/h5-9,17,20H,1-4H3. The molecule has 0 aliphatic carbocycles. The number of hydrogen-bond acceptors (Lipinski definition) is 1. The molecule has 2 rings (SSSR count). The van der Waals surface area contributed by atoms with E-state index >= 15 is 0 Å². The van der Waals surface area contributed by atoms with Crippen LogP contribution in [0.25, 0.3) is 0 Å². The Morgan fingerprint density at radius 1 is 1.00 bits per heavy atom. The first-order chi connectivity index (χ1) is 9.43. The van der Waals surface area contributed by atoms with Crippen LogP contribution < -0.4 is 5.32 Å². The summed E-state index contributed by atoms with van der Waals surface area (Å²) in [5.41, 5.74) is 6.03. The molecule has 0 saturated carbocycles. The van der Waals surface area contributed by atoms with Gasteiger partial charge in [-0.3, -0.25) is 0 Å². The minimum atomic E-state index is 0.0960. The van der Waals surface area contributed by atoms with E-state index in [1.54, 1.807) is 0 Å². The third-order valence-electron chi connectivity index (χ3n) is 3.74. The van der Waals surface area contributed by atoms with Gasteiger partial charge in [-0.15, -0.1) is 0 Å². The Kier molecular flexibility index (Phi) is 4.90. The topological polar surface area (TPSA) is 12.0 Å². The fraction of sp³-hybridized carbons (Fsp3) is 0.294. The van der Waals surface area contributed by atoms with Crippen LogP contribution >= 0.6 is 27.5 Å². The van der Waals surface area contributed by atoms with Gasteiger partial charge in [0.25, 0.3) is 0 Å². The molecule has 0 saturated heterocycles. The monoisotopic (exact) mass is 351 g/mol. The van der Waals surface area contributed by atoms with Crippen LogP contribution in [0.15, 0.2) is 34.8 Å². The minimum absolute atomic E-state index is 0.0960. The normalized spacial score (nSPS) is 12.5. The van der Waals surface area contributed by atoms with Crippen molar-refractivity contribution in [3.05, 3.63) is 67.6 Å². The van der Waals surface area contributed by atoms with Crippen molar-refractivity contribution in [1.29, 1.82) is 0 Å². The van der Waals surface area contributed by atoms with Crippen molar-refractivity contribution in [3.8, 4) is 0 Å². The summed E-state index contributed by atoms with van der Waals surface area (Å²) in [4.78, 5) is 0. The summed E-state index contributed by atoms with van der Waals surface area (Å²) in [5.74, 6) is 0. The average Bonchev–Trinajstić information content (AvgIpc) is 2.40. The fourth-order valence-corrected chi connectivity index (χ4v) is 3.04. The highest BCUT2D eigenvalue weighted by Crippen LogP contribution is 2.32. The lowest BCUT2D eigenvalue weighted by atomic mass is 9.95. The lowest BCUT2D eigenvalue weighted by Gasteiger charge is -2.20. The van der Waals surface area contributed by atoms with E-state index in [1.165, 1.54) is 22.3 Å². The summed E-state index contributed by atoms with van der Waals surface area (Å²) in [6.45, 7) is 6.29. The van der Waals surface area contributed by atoms with Gasteiger partial charge in [-0.2, -0.15) is 0 Å². The average molecular weight is 353 g/mol. The number of hydrogen-bond donors (Lipinski definition) is 1. The second-order valence-electron chi connectivity index (χ2n) is 5.19. The highest BCUT2D eigenvalue weighted by Gasteiger charge is 2.17. The van der Waals surface area contributed by atoms with Crippen LogP contribution in [-0.2, 0) is 0 Å². The van der Waals surface area contributed by atoms with Crippen molar-refractivity contribution >= 4 is 27.5 Å². The third-order valence-corrected chi connectivity index (χ3v) is 4.92. The van der Waals surface area contributed by atoms with E-state index in [4.69, 9.17) is 11.6 Å². The van der Waals surface area contributed by atoms with Crippen LogP contribution in [0, 0.1) is 20.8 Å². The molecule has 1 nitrogen and oxygen atoms in total. The molecule has 0 amide bonds. The Bertz CT molecular complexity index is 637. The summed E-state index contributed by atoms with van der Waals surface area (Å²) < 4.78 is 1.12. The summed E-state index contributed by atoms with van der Waals surface area (Å²) in [5, 5.41) is 4.17. The molecule has 0 heterocycles. The Labute approximate surface area is 134 Å². The summed E-state index contributed by atoms with van der Waals surface area (Å²) in [6, 6.07) is 10.7. The molecule has 3 heteroatoms. The van der Waals surface area contributed by atoms with Gasteiger partial charge in [0.2, 0.25) is 0 Å². The molecular formula is C17H19BrClN. The highest BCUT2D eigenvalue weighted by atomic mass is 79.9. The zero-order chi connectivity index (χ0) is 14.9. The van der Waals surface area contributed by atoms with Crippen LogP contribution in [0.3, 0.4) is 0 Å². The van der Waals surface area contributed by atoms with Crippen LogP contribution in [0.2, 0.25) is 5.02 Å². The molecule has 106 valence electrons. The van der Waals surface area contributed by atoms with Crippen LogP contribution in [0.4, 0.5) is 0 Å². The molecule has 0 radical (unpaired) electrons. The second-order valence-corrected chi connectivity index (χ2v) is 6.45. The Morgan fingerprint density at radius 3 is 2.25 bits per heavy atom. The fourth-order valence-electron chi connectivity index (χ4n) is 2.31. The Balaban J connectivity index is 2.52.